The molecule has 3 N–H and O–H groups in total. The molecule has 0 heterocycles. The molecular formula is C15H24N2O2S. The molecular weight excluding hydrogens is 272 g/mol. The Labute approximate surface area is 121 Å². The highest BCUT2D eigenvalue weighted by atomic mass is 32.2. The molecule has 0 saturated heterocycles. The van der Waals surface area contributed by atoms with Crippen LogP contribution >= 0.6 is 0 Å². The van der Waals surface area contributed by atoms with Gasteiger partial charge in [-0.05, 0) is 56.4 Å². The summed E-state index contributed by atoms with van der Waals surface area (Å²) in [4.78, 5) is 0.328. The fourth-order valence-corrected chi connectivity index (χ4v) is 4.55. The molecule has 1 fully saturated rings. The zero-order valence-electron chi connectivity index (χ0n) is 12.2. The molecule has 1 aliphatic carbocycles. The Balaban J connectivity index is 2.13. The van der Waals surface area contributed by atoms with Crippen LogP contribution in [0.25, 0.3) is 0 Å². The van der Waals surface area contributed by atoms with Crippen molar-refractivity contribution in [2.45, 2.75) is 56.9 Å². The number of rotatable bonds is 4. The van der Waals surface area contributed by atoms with Crippen molar-refractivity contribution in [2.75, 3.05) is 5.73 Å². The summed E-state index contributed by atoms with van der Waals surface area (Å²) >= 11 is 0. The molecule has 5 heteroatoms. The smallest absolute Gasteiger partial charge is 0.241 e. The first-order valence-corrected chi connectivity index (χ1v) is 8.77. The van der Waals surface area contributed by atoms with Crippen LogP contribution in [-0.2, 0) is 10.0 Å². The van der Waals surface area contributed by atoms with Crippen molar-refractivity contribution in [1.82, 2.24) is 4.72 Å². The van der Waals surface area contributed by atoms with E-state index >= 15 is 0 Å². The second-order valence-electron chi connectivity index (χ2n) is 5.83. The first-order chi connectivity index (χ1) is 9.40. The van der Waals surface area contributed by atoms with Crippen molar-refractivity contribution in [3.63, 3.8) is 0 Å². The van der Waals surface area contributed by atoms with E-state index in [0.717, 1.165) is 12.8 Å². The Hall–Kier alpha value is -1.07. The fraction of sp³-hybridized carbons (Fsp3) is 0.600. The van der Waals surface area contributed by atoms with Gasteiger partial charge < -0.3 is 5.73 Å². The third-order valence-electron chi connectivity index (χ3n) is 4.19. The molecule has 0 spiro atoms. The quantitative estimate of drug-likeness (QED) is 0.839. The largest absolute Gasteiger partial charge is 0.399 e. The van der Waals surface area contributed by atoms with Gasteiger partial charge in [0.15, 0.2) is 0 Å². The normalized spacial score (nSPS) is 18.9. The topological polar surface area (TPSA) is 72.2 Å². The monoisotopic (exact) mass is 296 g/mol. The van der Waals surface area contributed by atoms with Crippen LogP contribution in [0.1, 0.15) is 44.6 Å². The second-order valence-corrected chi connectivity index (χ2v) is 7.52. The Morgan fingerprint density at radius 1 is 1.25 bits per heavy atom. The maximum atomic E-state index is 12.5. The van der Waals surface area contributed by atoms with E-state index in [9.17, 15) is 8.42 Å². The molecule has 1 unspecified atom stereocenters. The summed E-state index contributed by atoms with van der Waals surface area (Å²) in [5, 5.41) is 0. The number of sulfonamides is 1. The molecule has 1 aromatic carbocycles. The standard InChI is InChI=1S/C15H24N2O2S/c1-11-10-14(16)8-9-15(11)20(18,19)17-12(2)13-6-4-3-5-7-13/h8-10,12-13,17H,3-7,16H2,1-2H3. The van der Waals surface area contributed by atoms with Gasteiger partial charge in [0.25, 0.3) is 0 Å². The van der Waals surface area contributed by atoms with Crippen molar-refractivity contribution >= 4 is 15.7 Å². The van der Waals surface area contributed by atoms with Crippen LogP contribution in [0.15, 0.2) is 23.1 Å². The van der Waals surface area contributed by atoms with Crippen molar-refractivity contribution in [1.29, 1.82) is 0 Å². The van der Waals surface area contributed by atoms with Crippen LogP contribution in [0.3, 0.4) is 0 Å². The van der Waals surface area contributed by atoms with Gasteiger partial charge in [0.1, 0.15) is 0 Å². The third kappa shape index (κ3) is 3.52. The molecule has 0 bridgehead atoms. The van der Waals surface area contributed by atoms with Gasteiger partial charge in [-0.15, -0.1) is 0 Å². The lowest BCUT2D eigenvalue weighted by Crippen LogP contribution is -2.39. The lowest BCUT2D eigenvalue weighted by Gasteiger charge is -2.28. The number of nitrogens with one attached hydrogen (secondary N) is 1. The summed E-state index contributed by atoms with van der Waals surface area (Å²) in [6, 6.07) is 4.89. The van der Waals surface area contributed by atoms with E-state index in [0.29, 0.717) is 22.1 Å². The zero-order valence-corrected chi connectivity index (χ0v) is 13.0. The molecule has 0 aromatic heterocycles. The highest BCUT2D eigenvalue weighted by molar-refractivity contribution is 7.89. The SMILES string of the molecule is Cc1cc(N)ccc1S(=O)(=O)NC(C)C1CCCCC1. The van der Waals surface area contributed by atoms with E-state index in [4.69, 9.17) is 5.73 Å². The van der Waals surface area contributed by atoms with E-state index < -0.39 is 10.0 Å². The number of hydrogen-bond acceptors (Lipinski definition) is 3. The van der Waals surface area contributed by atoms with Crippen LogP contribution in [0.4, 0.5) is 5.69 Å². The molecule has 1 atom stereocenters. The molecule has 1 saturated carbocycles. The van der Waals surface area contributed by atoms with Gasteiger partial charge in [-0.2, -0.15) is 0 Å². The Morgan fingerprint density at radius 2 is 1.90 bits per heavy atom. The number of nitrogen functional groups attached to an aromatic ring is 1. The van der Waals surface area contributed by atoms with E-state index in [1.807, 2.05) is 6.92 Å². The van der Waals surface area contributed by atoms with Gasteiger partial charge in [0, 0.05) is 11.7 Å². The highest BCUT2D eigenvalue weighted by Crippen LogP contribution is 2.27. The van der Waals surface area contributed by atoms with Crippen LogP contribution in [0, 0.1) is 12.8 Å². The lowest BCUT2D eigenvalue weighted by molar-refractivity contribution is 0.303. The van der Waals surface area contributed by atoms with Crippen LogP contribution in [0.5, 0.6) is 0 Å². The van der Waals surface area contributed by atoms with Gasteiger partial charge in [-0.25, -0.2) is 13.1 Å². The van der Waals surface area contributed by atoms with Gasteiger partial charge in [-0.3, -0.25) is 0 Å². The minimum atomic E-state index is -3.46. The average molecular weight is 296 g/mol. The number of anilines is 1. The Kier molecular flexibility index (Phi) is 4.70. The van der Waals surface area contributed by atoms with Gasteiger partial charge in [0.05, 0.1) is 4.90 Å². The predicted molar refractivity (Wildman–Crippen MR) is 81.9 cm³/mol. The number of aryl methyl sites for hydroxylation is 1. The summed E-state index contributed by atoms with van der Waals surface area (Å²) in [7, 11) is -3.46. The lowest BCUT2D eigenvalue weighted by atomic mass is 9.85. The minimum absolute atomic E-state index is 0.0164. The summed E-state index contributed by atoms with van der Waals surface area (Å²) in [5.74, 6) is 0.451. The summed E-state index contributed by atoms with van der Waals surface area (Å²) in [5.41, 5.74) is 6.95. The van der Waals surface area contributed by atoms with Crippen LogP contribution in [-0.4, -0.2) is 14.5 Å². The first-order valence-electron chi connectivity index (χ1n) is 7.28. The molecule has 0 amide bonds. The summed E-state index contributed by atoms with van der Waals surface area (Å²) in [6.07, 6.45) is 5.91. The van der Waals surface area contributed by atoms with E-state index in [2.05, 4.69) is 4.72 Å². The van der Waals surface area contributed by atoms with Gasteiger partial charge in [0.2, 0.25) is 10.0 Å². The Bertz CT molecular complexity index is 563. The highest BCUT2D eigenvalue weighted by Gasteiger charge is 2.25. The van der Waals surface area contributed by atoms with Crippen molar-refractivity contribution in [3.05, 3.63) is 23.8 Å². The van der Waals surface area contributed by atoms with Crippen LogP contribution in [0.2, 0.25) is 0 Å². The van der Waals surface area contributed by atoms with E-state index in [1.54, 1.807) is 25.1 Å². The molecule has 20 heavy (non-hydrogen) atoms. The zero-order chi connectivity index (χ0) is 14.8. The fourth-order valence-electron chi connectivity index (χ4n) is 3.01. The summed E-state index contributed by atoms with van der Waals surface area (Å²) < 4.78 is 27.8. The van der Waals surface area contributed by atoms with E-state index in [1.165, 1.54) is 19.3 Å². The minimum Gasteiger partial charge on any atom is -0.399 e. The second kappa shape index (κ2) is 6.14. The number of hydrogen-bond donors (Lipinski definition) is 2. The molecule has 1 aliphatic rings. The van der Waals surface area contributed by atoms with Gasteiger partial charge >= 0.3 is 0 Å². The maximum Gasteiger partial charge on any atom is 0.241 e. The molecule has 2 rings (SSSR count). The molecule has 112 valence electrons. The Morgan fingerprint density at radius 3 is 2.50 bits per heavy atom. The molecule has 1 aromatic rings. The number of nitrogens with two attached hydrogens (primary N) is 1. The first kappa shape index (κ1) is 15.3. The van der Waals surface area contributed by atoms with Crippen molar-refractivity contribution in [3.8, 4) is 0 Å². The third-order valence-corrected chi connectivity index (χ3v) is 5.91. The number of benzene rings is 1. The molecule has 0 radical (unpaired) electrons. The van der Waals surface area contributed by atoms with Crippen molar-refractivity contribution < 1.29 is 8.42 Å². The van der Waals surface area contributed by atoms with Gasteiger partial charge in [-0.1, -0.05) is 19.3 Å². The van der Waals surface area contributed by atoms with Crippen molar-refractivity contribution in [2.24, 2.45) is 5.92 Å². The molecule has 0 aliphatic heterocycles. The predicted octanol–water partition coefficient (Wildman–Crippen LogP) is 2.82. The average Bonchev–Trinajstić information content (AvgIpc) is 2.38. The molecule has 4 nitrogen and oxygen atoms in total. The summed E-state index contributed by atoms with van der Waals surface area (Å²) in [6.45, 7) is 3.75. The van der Waals surface area contributed by atoms with Crippen LogP contribution < -0.4 is 10.5 Å². The van der Waals surface area contributed by atoms with E-state index in [-0.39, 0.29) is 6.04 Å². The maximum absolute atomic E-state index is 12.5.